The average Bonchev–Trinajstić information content (AvgIpc) is 2.46. The van der Waals surface area contributed by atoms with Crippen LogP contribution in [0.4, 0.5) is 0 Å². The highest BCUT2D eigenvalue weighted by molar-refractivity contribution is 5.33. The Morgan fingerprint density at radius 1 is 0.800 bits per heavy atom. The number of hydrogen-bond acceptors (Lipinski definition) is 1. The molecule has 20 heavy (non-hydrogen) atoms. The molecule has 1 heteroatoms. The summed E-state index contributed by atoms with van der Waals surface area (Å²) in [6, 6.07) is 19.5. The van der Waals surface area contributed by atoms with Crippen LogP contribution in [0.5, 0.6) is 0 Å². The second-order valence-electron chi connectivity index (χ2n) is 6.10. The van der Waals surface area contributed by atoms with Crippen LogP contribution in [0.2, 0.25) is 0 Å². The molecule has 0 amide bonds. The summed E-state index contributed by atoms with van der Waals surface area (Å²) in [6.45, 7) is 4.57. The molecule has 0 unspecified atom stereocenters. The highest BCUT2D eigenvalue weighted by Gasteiger charge is 2.25. The summed E-state index contributed by atoms with van der Waals surface area (Å²) in [5.74, 6) is 0. The molecular weight excluding hydrogens is 242 g/mol. The van der Waals surface area contributed by atoms with Crippen LogP contribution in [-0.2, 0) is 18.4 Å². The lowest BCUT2D eigenvalue weighted by atomic mass is 9.87. The minimum absolute atomic E-state index is 0.0628. The zero-order valence-corrected chi connectivity index (χ0v) is 13.1. The zero-order chi connectivity index (χ0) is 14.6. The Balaban J connectivity index is 2.21. The van der Waals surface area contributed by atoms with Crippen LogP contribution in [0.3, 0.4) is 0 Å². The first kappa shape index (κ1) is 14.8. The van der Waals surface area contributed by atoms with Crippen molar-refractivity contribution in [2.75, 3.05) is 14.1 Å². The van der Waals surface area contributed by atoms with Crippen molar-refractivity contribution < 1.29 is 0 Å². The molecule has 2 rings (SSSR count). The maximum absolute atomic E-state index is 2.29. The summed E-state index contributed by atoms with van der Waals surface area (Å²) in [7, 11) is 4.29. The highest BCUT2D eigenvalue weighted by Crippen LogP contribution is 2.29. The first-order valence-corrected chi connectivity index (χ1v) is 7.31. The van der Waals surface area contributed by atoms with Gasteiger partial charge in [0.15, 0.2) is 0 Å². The second-order valence-corrected chi connectivity index (χ2v) is 6.10. The predicted octanol–water partition coefficient (Wildman–Crippen LogP) is 4.27. The Hall–Kier alpha value is -1.60. The van der Waals surface area contributed by atoms with E-state index in [4.69, 9.17) is 0 Å². The van der Waals surface area contributed by atoms with Crippen molar-refractivity contribution in [2.24, 2.45) is 0 Å². The Morgan fingerprint density at radius 2 is 1.40 bits per heavy atom. The average molecular weight is 267 g/mol. The maximum atomic E-state index is 2.29. The standard InChI is InChI=1S/C19H25N/c1-19(2,20(3)4)18-13-9-8-12-17(18)15-14-16-10-6-5-7-11-16/h5-13H,14-15H2,1-4H3. The van der Waals surface area contributed by atoms with E-state index in [0.29, 0.717) is 0 Å². The molecule has 0 radical (unpaired) electrons. The fourth-order valence-electron chi connectivity index (χ4n) is 2.50. The summed E-state index contributed by atoms with van der Waals surface area (Å²) < 4.78 is 0. The molecule has 0 aliphatic rings. The summed E-state index contributed by atoms with van der Waals surface area (Å²) in [5.41, 5.74) is 4.36. The number of aryl methyl sites for hydroxylation is 2. The topological polar surface area (TPSA) is 3.24 Å². The lowest BCUT2D eigenvalue weighted by Crippen LogP contribution is -2.36. The molecular formula is C19H25N. The second kappa shape index (κ2) is 6.23. The van der Waals surface area contributed by atoms with Crippen molar-refractivity contribution >= 4 is 0 Å². The molecule has 0 saturated carbocycles. The van der Waals surface area contributed by atoms with E-state index in [9.17, 15) is 0 Å². The van der Waals surface area contributed by atoms with Gasteiger partial charge in [0, 0.05) is 5.54 Å². The molecule has 0 atom stereocenters. The van der Waals surface area contributed by atoms with Crippen LogP contribution in [0.1, 0.15) is 30.5 Å². The SMILES string of the molecule is CN(C)C(C)(C)c1ccccc1CCc1ccccc1. The van der Waals surface area contributed by atoms with Gasteiger partial charge >= 0.3 is 0 Å². The third-order valence-corrected chi connectivity index (χ3v) is 4.32. The van der Waals surface area contributed by atoms with E-state index < -0.39 is 0 Å². The largest absolute Gasteiger partial charge is 0.300 e. The van der Waals surface area contributed by atoms with Gasteiger partial charge < -0.3 is 4.90 Å². The van der Waals surface area contributed by atoms with Crippen molar-refractivity contribution in [3.8, 4) is 0 Å². The third kappa shape index (κ3) is 3.29. The number of rotatable bonds is 5. The van der Waals surface area contributed by atoms with Gasteiger partial charge in [-0.25, -0.2) is 0 Å². The van der Waals surface area contributed by atoms with Crippen LogP contribution >= 0.6 is 0 Å². The summed E-state index contributed by atoms with van der Waals surface area (Å²) in [6.07, 6.45) is 2.19. The number of benzene rings is 2. The minimum Gasteiger partial charge on any atom is -0.300 e. The van der Waals surface area contributed by atoms with E-state index >= 15 is 0 Å². The Kier molecular flexibility index (Phi) is 4.61. The molecule has 0 saturated heterocycles. The van der Waals surface area contributed by atoms with E-state index in [1.54, 1.807) is 0 Å². The molecule has 2 aromatic rings. The van der Waals surface area contributed by atoms with Gasteiger partial charge in [0.1, 0.15) is 0 Å². The molecule has 0 aliphatic heterocycles. The summed E-state index contributed by atoms with van der Waals surface area (Å²) in [5, 5.41) is 0. The van der Waals surface area contributed by atoms with Gasteiger partial charge in [-0.15, -0.1) is 0 Å². The van der Waals surface area contributed by atoms with Gasteiger partial charge in [0.25, 0.3) is 0 Å². The van der Waals surface area contributed by atoms with E-state index in [0.717, 1.165) is 12.8 Å². The Bertz CT molecular complexity index is 541. The molecule has 0 heterocycles. The van der Waals surface area contributed by atoms with Gasteiger partial charge in [-0.1, -0.05) is 54.6 Å². The molecule has 0 N–H and O–H groups in total. The molecule has 2 aromatic carbocycles. The molecule has 0 aromatic heterocycles. The van der Waals surface area contributed by atoms with Crippen LogP contribution in [0.25, 0.3) is 0 Å². The molecule has 1 nitrogen and oxygen atoms in total. The first-order valence-electron chi connectivity index (χ1n) is 7.31. The summed E-state index contributed by atoms with van der Waals surface area (Å²) in [4.78, 5) is 2.29. The van der Waals surface area contributed by atoms with Gasteiger partial charge in [-0.3, -0.25) is 0 Å². The lowest BCUT2D eigenvalue weighted by Gasteiger charge is -2.35. The van der Waals surface area contributed by atoms with Crippen molar-refractivity contribution in [1.82, 2.24) is 4.90 Å². The number of hydrogen-bond donors (Lipinski definition) is 0. The van der Waals surface area contributed by atoms with Crippen LogP contribution in [0, 0.1) is 0 Å². The fraction of sp³-hybridized carbons (Fsp3) is 0.368. The van der Waals surface area contributed by atoms with Crippen molar-refractivity contribution in [2.45, 2.75) is 32.2 Å². The van der Waals surface area contributed by atoms with Gasteiger partial charge in [-0.2, -0.15) is 0 Å². The molecule has 0 fully saturated rings. The first-order chi connectivity index (χ1) is 9.51. The van der Waals surface area contributed by atoms with E-state index in [1.165, 1.54) is 16.7 Å². The van der Waals surface area contributed by atoms with Crippen molar-refractivity contribution in [3.05, 3.63) is 71.3 Å². The minimum atomic E-state index is 0.0628. The van der Waals surface area contributed by atoms with Crippen LogP contribution < -0.4 is 0 Å². The monoisotopic (exact) mass is 267 g/mol. The summed E-state index contributed by atoms with van der Waals surface area (Å²) >= 11 is 0. The van der Waals surface area contributed by atoms with Crippen molar-refractivity contribution in [1.29, 1.82) is 0 Å². The predicted molar refractivity (Wildman–Crippen MR) is 87.0 cm³/mol. The molecule has 0 spiro atoms. The number of nitrogens with zero attached hydrogens (tertiary/aromatic N) is 1. The zero-order valence-electron chi connectivity index (χ0n) is 13.1. The quantitative estimate of drug-likeness (QED) is 0.782. The lowest BCUT2D eigenvalue weighted by molar-refractivity contribution is 0.196. The van der Waals surface area contributed by atoms with E-state index in [2.05, 4.69) is 87.4 Å². The fourth-order valence-corrected chi connectivity index (χ4v) is 2.50. The van der Waals surface area contributed by atoms with Gasteiger partial charge in [0.05, 0.1) is 0 Å². The maximum Gasteiger partial charge on any atom is 0.0401 e. The highest BCUT2D eigenvalue weighted by atomic mass is 15.1. The molecule has 106 valence electrons. The third-order valence-electron chi connectivity index (χ3n) is 4.32. The smallest absolute Gasteiger partial charge is 0.0401 e. The van der Waals surface area contributed by atoms with Crippen LogP contribution in [0.15, 0.2) is 54.6 Å². The van der Waals surface area contributed by atoms with Crippen LogP contribution in [-0.4, -0.2) is 19.0 Å². The van der Waals surface area contributed by atoms with E-state index in [1.807, 2.05) is 0 Å². The normalized spacial score (nSPS) is 11.8. The van der Waals surface area contributed by atoms with Crippen molar-refractivity contribution in [3.63, 3.8) is 0 Å². The molecule has 0 aliphatic carbocycles. The van der Waals surface area contributed by atoms with E-state index in [-0.39, 0.29) is 5.54 Å². The van der Waals surface area contributed by atoms with Gasteiger partial charge in [-0.05, 0) is 57.5 Å². The molecule has 0 bridgehead atoms. The Labute approximate surface area is 123 Å². The Morgan fingerprint density at radius 3 is 2.05 bits per heavy atom. The van der Waals surface area contributed by atoms with Gasteiger partial charge in [0.2, 0.25) is 0 Å².